The highest BCUT2D eigenvalue weighted by atomic mass is 19.2. The largest absolute Gasteiger partial charge is 0.334 e. The molecule has 2 aromatic rings. The van der Waals surface area contributed by atoms with Crippen molar-refractivity contribution >= 4 is 0 Å². The minimum atomic E-state index is -1.54. The first-order chi connectivity index (χ1) is 10.1. The van der Waals surface area contributed by atoms with Crippen molar-refractivity contribution in [2.45, 2.75) is 19.3 Å². The van der Waals surface area contributed by atoms with Crippen molar-refractivity contribution in [3.05, 3.63) is 35.4 Å². The van der Waals surface area contributed by atoms with Crippen molar-refractivity contribution in [1.82, 2.24) is 15.5 Å². The van der Waals surface area contributed by atoms with Crippen LogP contribution in [0.5, 0.6) is 0 Å². The van der Waals surface area contributed by atoms with Gasteiger partial charge in [0.2, 0.25) is 0 Å². The van der Waals surface area contributed by atoms with E-state index in [1.165, 1.54) is 0 Å². The fourth-order valence-electron chi connectivity index (χ4n) is 2.49. The van der Waals surface area contributed by atoms with Crippen molar-refractivity contribution in [1.29, 1.82) is 0 Å². The van der Waals surface area contributed by atoms with E-state index in [4.69, 9.17) is 4.52 Å². The number of nitrogens with one attached hydrogen (secondary N) is 1. The Kier molecular flexibility index (Phi) is 3.92. The number of piperidine rings is 1. The van der Waals surface area contributed by atoms with Crippen LogP contribution in [0.25, 0.3) is 11.5 Å². The number of rotatable bonds is 3. The second-order valence-electron chi connectivity index (χ2n) is 5.16. The van der Waals surface area contributed by atoms with Gasteiger partial charge in [0.1, 0.15) is 0 Å². The Morgan fingerprint density at radius 2 is 2.10 bits per heavy atom. The normalized spacial score (nSPS) is 18.9. The van der Waals surface area contributed by atoms with Crippen LogP contribution in [0.3, 0.4) is 0 Å². The van der Waals surface area contributed by atoms with E-state index in [1.54, 1.807) is 0 Å². The summed E-state index contributed by atoms with van der Waals surface area (Å²) in [7, 11) is 0. The van der Waals surface area contributed by atoms with Crippen LogP contribution in [0, 0.1) is 23.4 Å². The van der Waals surface area contributed by atoms with Crippen LogP contribution in [0.15, 0.2) is 16.7 Å². The first kappa shape index (κ1) is 14.1. The highest BCUT2D eigenvalue weighted by molar-refractivity contribution is 5.53. The molecule has 2 heterocycles. The molecule has 1 fully saturated rings. The van der Waals surface area contributed by atoms with Gasteiger partial charge < -0.3 is 9.84 Å². The minimum Gasteiger partial charge on any atom is -0.334 e. The molecule has 7 heteroatoms. The summed E-state index contributed by atoms with van der Waals surface area (Å²) in [6.45, 7) is 1.89. The van der Waals surface area contributed by atoms with Crippen LogP contribution in [0.1, 0.15) is 18.7 Å². The van der Waals surface area contributed by atoms with Crippen LogP contribution in [-0.4, -0.2) is 23.2 Å². The molecule has 0 amide bonds. The van der Waals surface area contributed by atoms with E-state index in [9.17, 15) is 13.2 Å². The number of benzene rings is 1. The van der Waals surface area contributed by atoms with Crippen LogP contribution < -0.4 is 5.32 Å². The van der Waals surface area contributed by atoms with E-state index >= 15 is 0 Å². The molecule has 4 nitrogen and oxygen atoms in total. The second-order valence-corrected chi connectivity index (χ2v) is 5.16. The summed E-state index contributed by atoms with van der Waals surface area (Å²) in [6.07, 6.45) is 2.77. The zero-order chi connectivity index (χ0) is 14.8. The first-order valence-corrected chi connectivity index (χ1v) is 6.82. The Hall–Kier alpha value is -1.89. The average molecular weight is 297 g/mol. The highest BCUT2D eigenvalue weighted by Crippen LogP contribution is 2.25. The fourth-order valence-corrected chi connectivity index (χ4v) is 2.49. The van der Waals surface area contributed by atoms with Gasteiger partial charge in [-0.15, -0.1) is 0 Å². The van der Waals surface area contributed by atoms with Crippen LogP contribution in [0.2, 0.25) is 0 Å². The third kappa shape index (κ3) is 2.92. The fraction of sp³-hybridized carbons (Fsp3) is 0.429. The molecule has 1 aliphatic rings. The van der Waals surface area contributed by atoms with Gasteiger partial charge in [-0.2, -0.15) is 4.98 Å². The van der Waals surface area contributed by atoms with Crippen LogP contribution in [0.4, 0.5) is 13.2 Å². The van der Waals surface area contributed by atoms with Crippen molar-refractivity contribution < 1.29 is 17.7 Å². The molecule has 1 aliphatic heterocycles. The molecular weight excluding hydrogens is 283 g/mol. The summed E-state index contributed by atoms with van der Waals surface area (Å²) in [5.74, 6) is -3.38. The number of nitrogens with zero attached hydrogens (tertiary/aromatic N) is 2. The third-order valence-electron chi connectivity index (χ3n) is 3.60. The molecule has 1 N–H and O–H groups in total. The number of hydrogen-bond acceptors (Lipinski definition) is 4. The van der Waals surface area contributed by atoms with E-state index in [-0.39, 0.29) is 11.5 Å². The van der Waals surface area contributed by atoms with Gasteiger partial charge in [0.05, 0.1) is 5.56 Å². The van der Waals surface area contributed by atoms with E-state index < -0.39 is 17.5 Å². The van der Waals surface area contributed by atoms with Crippen molar-refractivity contribution in [3.8, 4) is 11.5 Å². The summed E-state index contributed by atoms with van der Waals surface area (Å²) in [5.41, 5.74) is -0.227. The Labute approximate surface area is 119 Å². The lowest BCUT2D eigenvalue weighted by Crippen LogP contribution is -2.31. The molecule has 0 radical (unpaired) electrons. The highest BCUT2D eigenvalue weighted by Gasteiger charge is 2.21. The van der Waals surface area contributed by atoms with Gasteiger partial charge in [-0.25, -0.2) is 13.2 Å². The van der Waals surface area contributed by atoms with Crippen molar-refractivity contribution in [3.63, 3.8) is 0 Å². The zero-order valence-electron chi connectivity index (χ0n) is 11.2. The summed E-state index contributed by atoms with van der Waals surface area (Å²) in [6, 6.07) is 1.93. The Morgan fingerprint density at radius 3 is 2.86 bits per heavy atom. The molecule has 0 aliphatic carbocycles. The van der Waals surface area contributed by atoms with E-state index in [1.807, 2.05) is 0 Å². The van der Waals surface area contributed by atoms with E-state index in [0.717, 1.165) is 38.1 Å². The monoisotopic (exact) mass is 297 g/mol. The molecule has 1 aromatic carbocycles. The van der Waals surface area contributed by atoms with Gasteiger partial charge >= 0.3 is 0 Å². The summed E-state index contributed by atoms with van der Waals surface area (Å²) in [5, 5.41) is 7.06. The second kappa shape index (κ2) is 5.85. The number of halogens is 3. The molecule has 21 heavy (non-hydrogen) atoms. The van der Waals surface area contributed by atoms with Gasteiger partial charge in [-0.05, 0) is 44.0 Å². The third-order valence-corrected chi connectivity index (χ3v) is 3.60. The lowest BCUT2D eigenvalue weighted by Gasteiger charge is -2.20. The zero-order valence-corrected chi connectivity index (χ0v) is 11.2. The van der Waals surface area contributed by atoms with Gasteiger partial charge in [0.25, 0.3) is 5.89 Å². The van der Waals surface area contributed by atoms with Crippen LogP contribution >= 0.6 is 0 Å². The van der Waals surface area contributed by atoms with Gasteiger partial charge in [-0.3, -0.25) is 0 Å². The predicted molar refractivity (Wildman–Crippen MR) is 68.9 cm³/mol. The molecule has 112 valence electrons. The Morgan fingerprint density at radius 1 is 1.24 bits per heavy atom. The SMILES string of the molecule is Fc1ccc(-c2nc(CC3CCCNC3)no2)c(F)c1F. The summed E-state index contributed by atoms with van der Waals surface area (Å²) in [4.78, 5) is 4.07. The molecule has 0 saturated carbocycles. The average Bonchev–Trinajstić information content (AvgIpc) is 2.94. The van der Waals surface area contributed by atoms with Gasteiger partial charge in [-0.1, -0.05) is 5.16 Å². The van der Waals surface area contributed by atoms with Gasteiger partial charge in [0, 0.05) is 6.42 Å². The molecule has 0 bridgehead atoms. The van der Waals surface area contributed by atoms with Crippen molar-refractivity contribution in [2.24, 2.45) is 5.92 Å². The molecule has 1 aromatic heterocycles. The first-order valence-electron chi connectivity index (χ1n) is 6.82. The van der Waals surface area contributed by atoms with Crippen molar-refractivity contribution in [2.75, 3.05) is 13.1 Å². The summed E-state index contributed by atoms with van der Waals surface area (Å²) >= 11 is 0. The number of hydrogen-bond donors (Lipinski definition) is 1. The standard InChI is InChI=1S/C14H14F3N3O/c15-10-4-3-9(12(16)13(10)17)14-19-11(20-21-14)6-8-2-1-5-18-7-8/h3-4,8,18H,1-2,5-7H2. The molecule has 0 spiro atoms. The van der Waals surface area contributed by atoms with E-state index in [0.29, 0.717) is 18.2 Å². The number of aromatic nitrogens is 2. The molecule has 1 atom stereocenters. The maximum atomic E-state index is 13.7. The van der Waals surface area contributed by atoms with Gasteiger partial charge in [0.15, 0.2) is 23.3 Å². The summed E-state index contributed by atoms with van der Waals surface area (Å²) < 4.78 is 44.7. The topological polar surface area (TPSA) is 51.0 Å². The molecule has 1 unspecified atom stereocenters. The smallest absolute Gasteiger partial charge is 0.261 e. The lowest BCUT2D eigenvalue weighted by atomic mass is 9.96. The maximum Gasteiger partial charge on any atom is 0.261 e. The molecular formula is C14H14F3N3O. The quantitative estimate of drug-likeness (QED) is 0.885. The molecule has 3 rings (SSSR count). The maximum absolute atomic E-state index is 13.7. The Balaban J connectivity index is 1.80. The lowest BCUT2D eigenvalue weighted by molar-refractivity contribution is 0.359. The van der Waals surface area contributed by atoms with Crippen LogP contribution in [-0.2, 0) is 6.42 Å². The predicted octanol–water partition coefficient (Wildman–Crippen LogP) is 2.70. The molecule has 1 saturated heterocycles. The van der Waals surface area contributed by atoms with E-state index in [2.05, 4.69) is 15.5 Å². The minimum absolute atomic E-state index is 0.134. The Bertz CT molecular complexity index is 638.